The molecule has 0 nitrogen and oxygen atoms in total. The molecule has 3 aliphatic carbocycles. The van der Waals surface area contributed by atoms with E-state index in [1.807, 2.05) is 0 Å². The Hall–Kier alpha value is 0. The quantitative estimate of drug-likeness (QED) is 0.398. The van der Waals surface area contributed by atoms with E-state index in [-0.39, 0.29) is 0 Å². The maximum absolute atomic E-state index is 2.61. The highest BCUT2D eigenvalue weighted by Crippen LogP contribution is 2.52. The van der Waals surface area contributed by atoms with Gasteiger partial charge in [-0.05, 0) is 85.4 Å². The van der Waals surface area contributed by atoms with Crippen LogP contribution >= 0.6 is 0 Å². The number of fused-ring (bicyclic) bond motifs is 1. The van der Waals surface area contributed by atoms with E-state index in [1.165, 1.54) is 32.1 Å². The average molecular weight is 375 g/mol. The minimum atomic E-state index is 0.908. The molecule has 3 fully saturated rings. The SMILES string of the molecule is CCC(C)C(C)CCC(C)C1CCC2CCC(CC3CCC(C)CC3)CC21. The van der Waals surface area contributed by atoms with Crippen molar-refractivity contribution in [3.8, 4) is 0 Å². The summed E-state index contributed by atoms with van der Waals surface area (Å²) in [5, 5.41) is 0. The zero-order valence-electron chi connectivity index (χ0n) is 19.4. The molecular formula is C27H50. The first-order valence-electron chi connectivity index (χ1n) is 13.0. The van der Waals surface area contributed by atoms with Crippen LogP contribution in [0.1, 0.15) is 118 Å². The van der Waals surface area contributed by atoms with E-state index in [0.717, 1.165) is 53.3 Å². The van der Waals surface area contributed by atoms with Crippen LogP contribution in [0.25, 0.3) is 0 Å². The van der Waals surface area contributed by atoms with Gasteiger partial charge in [-0.2, -0.15) is 0 Å². The molecule has 0 amide bonds. The van der Waals surface area contributed by atoms with E-state index >= 15 is 0 Å². The monoisotopic (exact) mass is 374 g/mol. The smallest absolute Gasteiger partial charge is 0.0352 e. The van der Waals surface area contributed by atoms with Crippen molar-refractivity contribution in [2.75, 3.05) is 0 Å². The third kappa shape index (κ3) is 5.76. The predicted octanol–water partition coefficient (Wildman–Crippen LogP) is 8.74. The molecule has 0 heteroatoms. The van der Waals surface area contributed by atoms with Gasteiger partial charge in [-0.15, -0.1) is 0 Å². The van der Waals surface area contributed by atoms with Gasteiger partial charge in [0.2, 0.25) is 0 Å². The summed E-state index contributed by atoms with van der Waals surface area (Å²) in [5.74, 6) is 9.23. The second kappa shape index (κ2) is 10.2. The van der Waals surface area contributed by atoms with Crippen molar-refractivity contribution in [3.63, 3.8) is 0 Å². The molecule has 7 atom stereocenters. The van der Waals surface area contributed by atoms with Crippen molar-refractivity contribution in [2.45, 2.75) is 118 Å². The molecular weight excluding hydrogens is 324 g/mol. The van der Waals surface area contributed by atoms with E-state index in [2.05, 4.69) is 34.6 Å². The Labute approximate surface area is 171 Å². The van der Waals surface area contributed by atoms with Crippen LogP contribution < -0.4 is 0 Å². The topological polar surface area (TPSA) is 0 Å². The normalized spacial score (nSPS) is 40.3. The molecule has 0 N–H and O–H groups in total. The van der Waals surface area contributed by atoms with Crippen LogP contribution in [0.2, 0.25) is 0 Å². The molecule has 3 rings (SSSR count). The molecule has 0 bridgehead atoms. The molecule has 0 aromatic rings. The van der Waals surface area contributed by atoms with Crippen molar-refractivity contribution >= 4 is 0 Å². The van der Waals surface area contributed by atoms with Gasteiger partial charge >= 0.3 is 0 Å². The van der Waals surface area contributed by atoms with Crippen molar-refractivity contribution in [2.24, 2.45) is 53.3 Å². The predicted molar refractivity (Wildman–Crippen MR) is 120 cm³/mol. The molecule has 0 radical (unpaired) electrons. The fraction of sp³-hybridized carbons (Fsp3) is 1.00. The van der Waals surface area contributed by atoms with E-state index in [4.69, 9.17) is 0 Å². The molecule has 158 valence electrons. The Kier molecular flexibility index (Phi) is 8.16. The molecule has 0 aromatic carbocycles. The Morgan fingerprint density at radius 3 is 2.11 bits per heavy atom. The second-order valence-electron chi connectivity index (χ2n) is 11.6. The molecule has 0 spiro atoms. The van der Waals surface area contributed by atoms with Crippen LogP contribution in [0.4, 0.5) is 0 Å². The highest BCUT2D eigenvalue weighted by atomic mass is 14.5. The summed E-state index contributed by atoms with van der Waals surface area (Å²) >= 11 is 0. The zero-order chi connectivity index (χ0) is 19.4. The van der Waals surface area contributed by atoms with Gasteiger partial charge in [0.25, 0.3) is 0 Å². The summed E-state index contributed by atoms with van der Waals surface area (Å²) < 4.78 is 0. The highest BCUT2D eigenvalue weighted by molar-refractivity contribution is 4.92. The highest BCUT2D eigenvalue weighted by Gasteiger charge is 2.42. The third-order valence-corrected chi connectivity index (χ3v) is 9.80. The summed E-state index contributed by atoms with van der Waals surface area (Å²) in [7, 11) is 0. The van der Waals surface area contributed by atoms with Gasteiger partial charge in [0.1, 0.15) is 0 Å². The Morgan fingerprint density at radius 1 is 0.741 bits per heavy atom. The largest absolute Gasteiger partial charge is 0.0651 e. The average Bonchev–Trinajstić information content (AvgIpc) is 3.10. The first-order chi connectivity index (χ1) is 13.0. The summed E-state index contributed by atoms with van der Waals surface area (Å²) in [6.45, 7) is 12.4. The van der Waals surface area contributed by atoms with Crippen LogP contribution in [0.3, 0.4) is 0 Å². The first kappa shape index (κ1) is 21.7. The molecule has 0 heterocycles. The second-order valence-corrected chi connectivity index (χ2v) is 11.6. The van der Waals surface area contributed by atoms with Crippen molar-refractivity contribution in [1.29, 1.82) is 0 Å². The maximum atomic E-state index is 2.61. The van der Waals surface area contributed by atoms with E-state index in [9.17, 15) is 0 Å². The fourth-order valence-electron chi connectivity index (χ4n) is 7.25. The van der Waals surface area contributed by atoms with Gasteiger partial charge in [-0.3, -0.25) is 0 Å². The number of hydrogen-bond acceptors (Lipinski definition) is 0. The summed E-state index contributed by atoms with van der Waals surface area (Å²) in [4.78, 5) is 0. The third-order valence-electron chi connectivity index (χ3n) is 9.80. The Balaban J connectivity index is 1.47. The maximum Gasteiger partial charge on any atom is -0.0352 e. The lowest BCUT2D eigenvalue weighted by Crippen LogP contribution is -2.29. The van der Waals surface area contributed by atoms with E-state index in [0.29, 0.717) is 0 Å². The molecule has 3 saturated carbocycles. The van der Waals surface area contributed by atoms with Gasteiger partial charge in [0.05, 0.1) is 0 Å². The minimum absolute atomic E-state index is 0.908. The van der Waals surface area contributed by atoms with E-state index in [1.54, 1.807) is 51.4 Å². The standard InChI is InChI=1S/C27H50/c1-6-20(3)21(4)9-10-22(5)26-16-15-25-14-13-24(18-27(25)26)17-23-11-7-19(2)8-12-23/h19-27H,6-18H2,1-5H3. The van der Waals surface area contributed by atoms with Crippen LogP contribution in [-0.4, -0.2) is 0 Å². The number of rotatable bonds is 8. The first-order valence-corrected chi connectivity index (χ1v) is 13.0. The molecule has 0 saturated heterocycles. The van der Waals surface area contributed by atoms with Gasteiger partial charge in [-0.25, -0.2) is 0 Å². The van der Waals surface area contributed by atoms with Crippen molar-refractivity contribution in [3.05, 3.63) is 0 Å². The van der Waals surface area contributed by atoms with Crippen LogP contribution in [0, 0.1) is 53.3 Å². The van der Waals surface area contributed by atoms with Crippen molar-refractivity contribution < 1.29 is 0 Å². The fourth-order valence-corrected chi connectivity index (χ4v) is 7.25. The lowest BCUT2D eigenvalue weighted by molar-refractivity contribution is 0.115. The minimum Gasteiger partial charge on any atom is -0.0651 e. The zero-order valence-corrected chi connectivity index (χ0v) is 19.4. The number of hydrogen-bond donors (Lipinski definition) is 0. The van der Waals surface area contributed by atoms with Crippen LogP contribution in [0.5, 0.6) is 0 Å². The summed E-state index contributed by atoms with van der Waals surface area (Å²) in [6, 6.07) is 0. The molecule has 7 unspecified atom stereocenters. The lowest BCUT2D eigenvalue weighted by atomic mass is 9.67. The molecule has 3 aliphatic rings. The van der Waals surface area contributed by atoms with Crippen molar-refractivity contribution in [1.82, 2.24) is 0 Å². The molecule has 0 aromatic heterocycles. The van der Waals surface area contributed by atoms with Gasteiger partial charge in [0, 0.05) is 0 Å². The van der Waals surface area contributed by atoms with E-state index < -0.39 is 0 Å². The van der Waals surface area contributed by atoms with Gasteiger partial charge < -0.3 is 0 Å². The van der Waals surface area contributed by atoms with Crippen LogP contribution in [0.15, 0.2) is 0 Å². The summed E-state index contributed by atoms with van der Waals surface area (Å²) in [5.41, 5.74) is 0. The van der Waals surface area contributed by atoms with Gasteiger partial charge in [0.15, 0.2) is 0 Å². The lowest BCUT2D eigenvalue weighted by Gasteiger charge is -2.39. The Morgan fingerprint density at radius 2 is 1.41 bits per heavy atom. The molecule has 0 aliphatic heterocycles. The van der Waals surface area contributed by atoms with Gasteiger partial charge in [-0.1, -0.05) is 86.0 Å². The molecule has 27 heavy (non-hydrogen) atoms. The van der Waals surface area contributed by atoms with Crippen LogP contribution in [-0.2, 0) is 0 Å². The summed E-state index contributed by atoms with van der Waals surface area (Å²) in [6.07, 6.45) is 19.9. The Bertz CT molecular complexity index is 418.